The lowest BCUT2D eigenvalue weighted by Crippen LogP contribution is -2.23. The van der Waals surface area contributed by atoms with Crippen molar-refractivity contribution in [1.29, 1.82) is 0 Å². The number of thioether (sulfide) groups is 1. The van der Waals surface area contributed by atoms with Crippen LogP contribution in [-0.4, -0.2) is 15.1 Å². The number of carbonyl (C=O) groups is 1. The van der Waals surface area contributed by atoms with Gasteiger partial charge in [0, 0.05) is 34.7 Å². The molecule has 0 unspecified atom stereocenters. The average Bonchev–Trinajstić information content (AvgIpc) is 2.67. The van der Waals surface area contributed by atoms with E-state index < -0.39 is 11.2 Å². The van der Waals surface area contributed by atoms with Gasteiger partial charge in [-0.3, -0.25) is 14.6 Å². The van der Waals surface area contributed by atoms with Crippen molar-refractivity contribution in [2.24, 2.45) is 0 Å². The SMILES string of the molecule is CC(=O)Sc1ccc(C#Cc2ccc(C#Cc3c[nH]c(=O)[nH]c3=O)cc2)cc1. The molecule has 0 aliphatic heterocycles. The molecular weight excluding hydrogens is 372 g/mol. The molecular formula is C22H14N2O3S. The molecule has 2 N–H and O–H groups in total. The summed E-state index contributed by atoms with van der Waals surface area (Å²) in [5, 5.41) is 0.0483. The maximum Gasteiger partial charge on any atom is 0.325 e. The van der Waals surface area contributed by atoms with Crippen molar-refractivity contribution in [3.05, 3.63) is 97.8 Å². The van der Waals surface area contributed by atoms with Crippen molar-refractivity contribution >= 4 is 16.9 Å². The fourth-order valence-electron chi connectivity index (χ4n) is 2.20. The molecule has 28 heavy (non-hydrogen) atoms. The maximum absolute atomic E-state index is 11.6. The lowest BCUT2D eigenvalue weighted by molar-refractivity contribution is -0.109. The minimum Gasteiger partial charge on any atom is -0.313 e. The summed E-state index contributed by atoms with van der Waals surface area (Å²) in [6.07, 6.45) is 1.29. The molecule has 0 atom stereocenters. The quantitative estimate of drug-likeness (QED) is 0.497. The number of H-pyrrole nitrogens is 2. The normalized spacial score (nSPS) is 9.61. The highest BCUT2D eigenvalue weighted by Crippen LogP contribution is 2.18. The molecule has 2 aromatic carbocycles. The van der Waals surface area contributed by atoms with E-state index >= 15 is 0 Å². The van der Waals surface area contributed by atoms with Gasteiger partial charge in [0.05, 0.1) is 0 Å². The molecule has 0 fully saturated rings. The topological polar surface area (TPSA) is 82.8 Å². The van der Waals surface area contributed by atoms with Crippen LogP contribution in [0.1, 0.15) is 29.2 Å². The summed E-state index contributed by atoms with van der Waals surface area (Å²) < 4.78 is 0. The molecule has 0 spiro atoms. The van der Waals surface area contributed by atoms with E-state index in [0.29, 0.717) is 0 Å². The molecule has 0 amide bonds. The van der Waals surface area contributed by atoms with Gasteiger partial charge >= 0.3 is 5.69 Å². The number of rotatable bonds is 1. The third kappa shape index (κ3) is 5.38. The van der Waals surface area contributed by atoms with Crippen LogP contribution < -0.4 is 11.2 Å². The van der Waals surface area contributed by atoms with Crippen LogP contribution in [0, 0.1) is 23.7 Å². The first-order valence-corrected chi connectivity index (χ1v) is 9.06. The van der Waals surface area contributed by atoms with Gasteiger partial charge in [0.2, 0.25) is 0 Å². The standard InChI is InChI=1S/C22H14N2O3S/c1-15(25)28-20-12-9-18(10-13-20)7-4-16-2-5-17(6-3-16)8-11-19-14-23-22(27)24-21(19)26/h2-3,5-6,9-10,12-14H,1H3,(H2,23,24,26,27). The predicted molar refractivity (Wildman–Crippen MR) is 109 cm³/mol. The molecule has 0 radical (unpaired) electrons. The summed E-state index contributed by atoms with van der Waals surface area (Å²) in [6.45, 7) is 1.53. The molecule has 1 aromatic heterocycles. The van der Waals surface area contributed by atoms with E-state index in [1.54, 1.807) is 0 Å². The Hall–Kier alpha value is -3.74. The number of carbonyl (C=O) groups excluding carboxylic acids is 1. The monoisotopic (exact) mass is 386 g/mol. The summed E-state index contributed by atoms with van der Waals surface area (Å²) in [6, 6.07) is 14.8. The highest BCUT2D eigenvalue weighted by atomic mass is 32.2. The van der Waals surface area contributed by atoms with Gasteiger partial charge in [-0.05, 0) is 48.5 Å². The fraction of sp³-hybridized carbons (Fsp3) is 0.0455. The summed E-state index contributed by atoms with van der Waals surface area (Å²) in [4.78, 5) is 39.1. The van der Waals surface area contributed by atoms with Gasteiger partial charge in [-0.25, -0.2) is 4.79 Å². The number of hydrogen-bond acceptors (Lipinski definition) is 4. The Balaban J connectivity index is 1.71. The van der Waals surface area contributed by atoms with Gasteiger partial charge in [0.15, 0.2) is 5.12 Å². The summed E-state index contributed by atoms with van der Waals surface area (Å²) in [5.74, 6) is 11.7. The zero-order valence-electron chi connectivity index (χ0n) is 14.8. The van der Waals surface area contributed by atoms with Crippen LogP contribution in [0.15, 0.2) is 69.2 Å². The molecule has 1 heterocycles. The van der Waals surface area contributed by atoms with E-state index in [4.69, 9.17) is 0 Å². The van der Waals surface area contributed by atoms with Crippen molar-refractivity contribution in [3.8, 4) is 23.7 Å². The third-order valence-electron chi connectivity index (χ3n) is 3.51. The van der Waals surface area contributed by atoms with Gasteiger partial charge in [-0.2, -0.15) is 0 Å². The molecule has 5 nitrogen and oxygen atoms in total. The van der Waals surface area contributed by atoms with Gasteiger partial charge in [0.1, 0.15) is 5.56 Å². The molecule has 0 saturated carbocycles. The fourth-order valence-corrected chi connectivity index (χ4v) is 2.80. The highest BCUT2D eigenvalue weighted by Gasteiger charge is 1.98. The first-order valence-electron chi connectivity index (χ1n) is 8.24. The predicted octanol–water partition coefficient (Wildman–Crippen LogP) is 2.50. The zero-order chi connectivity index (χ0) is 19.9. The number of nitrogens with one attached hydrogen (secondary N) is 2. The van der Waals surface area contributed by atoms with E-state index in [1.165, 1.54) is 24.9 Å². The van der Waals surface area contributed by atoms with E-state index in [1.807, 2.05) is 48.5 Å². The second kappa shape index (κ2) is 8.77. The first-order chi connectivity index (χ1) is 13.5. The van der Waals surface area contributed by atoms with Crippen LogP contribution in [0.2, 0.25) is 0 Å². The summed E-state index contributed by atoms with van der Waals surface area (Å²) in [7, 11) is 0. The third-order valence-corrected chi connectivity index (χ3v) is 4.31. The van der Waals surface area contributed by atoms with Crippen LogP contribution in [0.25, 0.3) is 0 Å². The van der Waals surface area contributed by atoms with E-state index in [-0.39, 0.29) is 10.7 Å². The number of hydrogen-bond donors (Lipinski definition) is 2. The van der Waals surface area contributed by atoms with Crippen LogP contribution in [0.5, 0.6) is 0 Å². The van der Waals surface area contributed by atoms with Gasteiger partial charge in [-0.1, -0.05) is 35.4 Å². The molecule has 3 rings (SSSR count). The summed E-state index contributed by atoms with van der Waals surface area (Å²) >= 11 is 1.19. The Bertz CT molecular complexity index is 1250. The van der Waals surface area contributed by atoms with Crippen LogP contribution >= 0.6 is 11.8 Å². The van der Waals surface area contributed by atoms with Crippen LogP contribution in [0.3, 0.4) is 0 Å². The Labute approximate surface area is 165 Å². The minimum atomic E-state index is -0.564. The van der Waals surface area contributed by atoms with E-state index in [0.717, 1.165) is 21.6 Å². The maximum atomic E-state index is 11.6. The molecule has 3 aromatic rings. The number of benzene rings is 2. The molecule has 0 saturated heterocycles. The molecule has 0 aliphatic rings. The lowest BCUT2D eigenvalue weighted by atomic mass is 10.1. The molecule has 136 valence electrons. The first kappa shape index (κ1) is 19.0. The van der Waals surface area contributed by atoms with Crippen molar-refractivity contribution in [3.63, 3.8) is 0 Å². The zero-order valence-corrected chi connectivity index (χ0v) is 15.6. The minimum absolute atomic E-state index is 0.0483. The van der Waals surface area contributed by atoms with Gasteiger partial charge in [-0.15, -0.1) is 0 Å². The van der Waals surface area contributed by atoms with Crippen molar-refractivity contribution in [2.75, 3.05) is 0 Å². The Morgan fingerprint density at radius 2 is 1.32 bits per heavy atom. The van der Waals surface area contributed by atoms with E-state index in [9.17, 15) is 14.4 Å². The summed E-state index contributed by atoms with van der Waals surface area (Å²) in [5.41, 5.74) is 1.51. The van der Waals surface area contributed by atoms with Crippen LogP contribution in [-0.2, 0) is 4.79 Å². The van der Waals surface area contributed by atoms with E-state index in [2.05, 4.69) is 33.6 Å². The molecule has 0 bridgehead atoms. The second-order valence-corrected chi connectivity index (χ2v) is 6.93. The lowest BCUT2D eigenvalue weighted by Gasteiger charge is -1.96. The molecule has 0 aliphatic carbocycles. The average molecular weight is 386 g/mol. The number of aromatic nitrogens is 2. The van der Waals surface area contributed by atoms with Gasteiger partial charge < -0.3 is 4.98 Å². The second-order valence-electron chi connectivity index (χ2n) is 5.68. The molecule has 6 heteroatoms. The Morgan fingerprint density at radius 3 is 1.82 bits per heavy atom. The Kier molecular flexibility index (Phi) is 5.96. The largest absolute Gasteiger partial charge is 0.325 e. The Morgan fingerprint density at radius 1 is 0.821 bits per heavy atom. The smallest absolute Gasteiger partial charge is 0.313 e. The van der Waals surface area contributed by atoms with Crippen molar-refractivity contribution < 1.29 is 4.79 Å². The highest BCUT2D eigenvalue weighted by molar-refractivity contribution is 8.13. The number of aromatic amines is 2. The van der Waals surface area contributed by atoms with Crippen molar-refractivity contribution in [2.45, 2.75) is 11.8 Å². The van der Waals surface area contributed by atoms with Crippen molar-refractivity contribution in [1.82, 2.24) is 9.97 Å². The van der Waals surface area contributed by atoms with Crippen LogP contribution in [0.4, 0.5) is 0 Å². The van der Waals surface area contributed by atoms with Gasteiger partial charge in [0.25, 0.3) is 5.56 Å².